The second-order valence-electron chi connectivity index (χ2n) is 4.33. The predicted molar refractivity (Wildman–Crippen MR) is 86.1 cm³/mol. The Bertz CT molecular complexity index is 533. The summed E-state index contributed by atoms with van der Waals surface area (Å²) in [6.45, 7) is 2.63. The SMILES string of the molecule is COCCNCCCc1nnc(-c2ccccc2Br)s1. The quantitative estimate of drug-likeness (QED) is 0.739. The zero-order valence-corrected chi connectivity index (χ0v) is 13.8. The Hall–Kier alpha value is -0.820. The van der Waals surface area contributed by atoms with Crippen LogP contribution in [-0.4, -0.2) is 37.0 Å². The van der Waals surface area contributed by atoms with Crippen LogP contribution in [0.3, 0.4) is 0 Å². The lowest BCUT2D eigenvalue weighted by molar-refractivity contribution is 0.199. The molecule has 0 aliphatic rings. The van der Waals surface area contributed by atoms with E-state index in [1.54, 1.807) is 18.4 Å². The molecule has 1 heterocycles. The molecule has 0 aliphatic heterocycles. The monoisotopic (exact) mass is 355 g/mol. The van der Waals surface area contributed by atoms with Crippen LogP contribution in [0.5, 0.6) is 0 Å². The molecular formula is C14H18BrN3OS. The van der Waals surface area contributed by atoms with Gasteiger partial charge in [-0.05, 0) is 19.0 Å². The van der Waals surface area contributed by atoms with E-state index in [0.717, 1.165) is 52.6 Å². The molecule has 108 valence electrons. The molecule has 0 spiro atoms. The minimum absolute atomic E-state index is 0.755. The molecule has 1 N–H and O–H groups in total. The van der Waals surface area contributed by atoms with Crippen molar-refractivity contribution in [3.8, 4) is 10.6 Å². The first-order valence-electron chi connectivity index (χ1n) is 6.58. The number of nitrogens with one attached hydrogen (secondary N) is 1. The lowest BCUT2D eigenvalue weighted by Crippen LogP contribution is -2.20. The van der Waals surface area contributed by atoms with E-state index in [1.165, 1.54) is 0 Å². The number of methoxy groups -OCH3 is 1. The van der Waals surface area contributed by atoms with E-state index in [2.05, 4.69) is 37.5 Å². The second kappa shape index (κ2) is 8.46. The topological polar surface area (TPSA) is 47.0 Å². The molecule has 4 nitrogen and oxygen atoms in total. The van der Waals surface area contributed by atoms with E-state index in [1.807, 2.05) is 18.2 Å². The molecule has 0 amide bonds. The Labute approximate surface area is 131 Å². The molecule has 0 fully saturated rings. The van der Waals surface area contributed by atoms with Crippen LogP contribution in [0.4, 0.5) is 0 Å². The van der Waals surface area contributed by atoms with Gasteiger partial charge in [0, 0.05) is 30.1 Å². The van der Waals surface area contributed by atoms with Crippen molar-refractivity contribution in [1.29, 1.82) is 0 Å². The highest BCUT2D eigenvalue weighted by Crippen LogP contribution is 2.30. The molecule has 6 heteroatoms. The summed E-state index contributed by atoms with van der Waals surface area (Å²) in [6.07, 6.45) is 2.02. The maximum absolute atomic E-state index is 4.98. The fraction of sp³-hybridized carbons (Fsp3) is 0.429. The number of aromatic nitrogens is 2. The largest absolute Gasteiger partial charge is 0.383 e. The van der Waals surface area contributed by atoms with E-state index in [-0.39, 0.29) is 0 Å². The molecule has 2 aromatic rings. The summed E-state index contributed by atoms with van der Waals surface area (Å²) >= 11 is 5.21. The number of nitrogens with zero attached hydrogens (tertiary/aromatic N) is 2. The van der Waals surface area contributed by atoms with Gasteiger partial charge in [-0.15, -0.1) is 10.2 Å². The molecule has 0 saturated heterocycles. The lowest BCUT2D eigenvalue weighted by Gasteiger charge is -2.01. The molecule has 20 heavy (non-hydrogen) atoms. The number of rotatable bonds is 8. The van der Waals surface area contributed by atoms with E-state index in [9.17, 15) is 0 Å². The molecule has 2 rings (SSSR count). The maximum atomic E-state index is 4.98. The van der Waals surface area contributed by atoms with Gasteiger partial charge < -0.3 is 10.1 Å². The van der Waals surface area contributed by atoms with Crippen molar-refractivity contribution in [3.63, 3.8) is 0 Å². The minimum Gasteiger partial charge on any atom is -0.383 e. The minimum atomic E-state index is 0.755. The molecule has 0 bridgehead atoms. The highest BCUT2D eigenvalue weighted by atomic mass is 79.9. The van der Waals surface area contributed by atoms with Crippen LogP contribution in [0.2, 0.25) is 0 Å². The Morgan fingerprint density at radius 1 is 1.25 bits per heavy atom. The number of benzene rings is 1. The number of ether oxygens (including phenoxy) is 1. The molecule has 0 radical (unpaired) electrons. The van der Waals surface area contributed by atoms with Crippen LogP contribution < -0.4 is 5.32 Å². The van der Waals surface area contributed by atoms with Crippen molar-refractivity contribution < 1.29 is 4.74 Å². The van der Waals surface area contributed by atoms with Gasteiger partial charge in [0.15, 0.2) is 0 Å². The van der Waals surface area contributed by atoms with Gasteiger partial charge in [-0.25, -0.2) is 0 Å². The molecular weight excluding hydrogens is 338 g/mol. The highest BCUT2D eigenvalue weighted by Gasteiger charge is 2.08. The Kier molecular flexibility index (Phi) is 6.59. The van der Waals surface area contributed by atoms with Gasteiger partial charge in [-0.3, -0.25) is 0 Å². The summed E-state index contributed by atoms with van der Waals surface area (Å²) < 4.78 is 6.04. The first-order chi connectivity index (χ1) is 9.81. The first kappa shape index (κ1) is 15.6. The van der Waals surface area contributed by atoms with Crippen LogP contribution >= 0.6 is 27.3 Å². The summed E-state index contributed by atoms with van der Waals surface area (Å²) in [5.41, 5.74) is 1.11. The van der Waals surface area contributed by atoms with Crippen molar-refractivity contribution in [1.82, 2.24) is 15.5 Å². The second-order valence-corrected chi connectivity index (χ2v) is 6.24. The zero-order chi connectivity index (χ0) is 14.2. The van der Waals surface area contributed by atoms with Crippen LogP contribution in [0.25, 0.3) is 10.6 Å². The van der Waals surface area contributed by atoms with Crippen molar-refractivity contribution >= 4 is 27.3 Å². The third-order valence-corrected chi connectivity index (χ3v) is 4.51. The van der Waals surface area contributed by atoms with Gasteiger partial charge in [0.1, 0.15) is 10.0 Å². The van der Waals surface area contributed by atoms with Crippen molar-refractivity contribution in [2.75, 3.05) is 26.8 Å². The highest BCUT2D eigenvalue weighted by molar-refractivity contribution is 9.10. The van der Waals surface area contributed by atoms with Crippen LogP contribution in [0, 0.1) is 0 Å². The van der Waals surface area contributed by atoms with E-state index >= 15 is 0 Å². The Morgan fingerprint density at radius 3 is 2.90 bits per heavy atom. The predicted octanol–water partition coefficient (Wildman–Crippen LogP) is 3.14. The van der Waals surface area contributed by atoms with Gasteiger partial charge in [0.2, 0.25) is 0 Å². The zero-order valence-electron chi connectivity index (χ0n) is 11.4. The Morgan fingerprint density at radius 2 is 2.10 bits per heavy atom. The van der Waals surface area contributed by atoms with Gasteiger partial charge in [0.05, 0.1) is 6.61 Å². The normalized spacial score (nSPS) is 10.9. The fourth-order valence-electron chi connectivity index (χ4n) is 1.76. The average Bonchev–Trinajstić information content (AvgIpc) is 2.92. The van der Waals surface area contributed by atoms with Crippen molar-refractivity contribution in [2.45, 2.75) is 12.8 Å². The van der Waals surface area contributed by atoms with Gasteiger partial charge in [0.25, 0.3) is 0 Å². The molecule has 0 unspecified atom stereocenters. The van der Waals surface area contributed by atoms with Crippen LogP contribution in [0.15, 0.2) is 28.7 Å². The van der Waals surface area contributed by atoms with E-state index < -0.39 is 0 Å². The molecule has 0 atom stereocenters. The van der Waals surface area contributed by atoms with E-state index in [0.29, 0.717) is 0 Å². The van der Waals surface area contributed by atoms with Crippen molar-refractivity contribution in [3.05, 3.63) is 33.7 Å². The summed E-state index contributed by atoms with van der Waals surface area (Å²) in [4.78, 5) is 0. The number of aryl methyl sites for hydroxylation is 1. The standard InChI is InChI=1S/C14H18BrN3OS/c1-19-10-9-16-8-4-7-13-17-18-14(20-13)11-5-2-3-6-12(11)15/h2-3,5-6,16H,4,7-10H2,1H3. The van der Waals surface area contributed by atoms with Gasteiger partial charge in [-0.2, -0.15) is 0 Å². The lowest BCUT2D eigenvalue weighted by atomic mass is 10.2. The Balaban J connectivity index is 1.82. The third kappa shape index (κ3) is 4.63. The van der Waals surface area contributed by atoms with Crippen molar-refractivity contribution in [2.24, 2.45) is 0 Å². The number of halogens is 1. The fourth-order valence-corrected chi connectivity index (χ4v) is 3.29. The summed E-state index contributed by atoms with van der Waals surface area (Å²) in [5, 5.41) is 13.9. The average molecular weight is 356 g/mol. The smallest absolute Gasteiger partial charge is 0.148 e. The maximum Gasteiger partial charge on any atom is 0.148 e. The van der Waals surface area contributed by atoms with Crippen LogP contribution in [0.1, 0.15) is 11.4 Å². The van der Waals surface area contributed by atoms with E-state index in [4.69, 9.17) is 4.74 Å². The summed E-state index contributed by atoms with van der Waals surface area (Å²) in [7, 11) is 1.71. The number of hydrogen-bond donors (Lipinski definition) is 1. The molecule has 0 saturated carbocycles. The van der Waals surface area contributed by atoms with Gasteiger partial charge >= 0.3 is 0 Å². The summed E-state index contributed by atoms with van der Waals surface area (Å²) in [5.74, 6) is 0. The van der Waals surface area contributed by atoms with Gasteiger partial charge in [-0.1, -0.05) is 45.5 Å². The molecule has 0 aliphatic carbocycles. The first-order valence-corrected chi connectivity index (χ1v) is 8.19. The molecule has 1 aromatic heterocycles. The van der Waals surface area contributed by atoms with Crippen LogP contribution in [-0.2, 0) is 11.2 Å². The third-order valence-electron chi connectivity index (χ3n) is 2.80. The number of hydrogen-bond acceptors (Lipinski definition) is 5. The summed E-state index contributed by atoms with van der Waals surface area (Å²) in [6, 6.07) is 8.10. The molecule has 1 aromatic carbocycles.